The van der Waals surface area contributed by atoms with E-state index in [2.05, 4.69) is 18.7 Å². The van der Waals surface area contributed by atoms with Crippen LogP contribution in [0.4, 0.5) is 0 Å². The summed E-state index contributed by atoms with van der Waals surface area (Å²) in [5.74, 6) is 0.949. The van der Waals surface area contributed by atoms with Gasteiger partial charge in [0.2, 0.25) is 5.91 Å². The first-order chi connectivity index (χ1) is 8.15. The van der Waals surface area contributed by atoms with Crippen molar-refractivity contribution >= 4 is 5.91 Å². The van der Waals surface area contributed by atoms with Crippen molar-refractivity contribution in [3.8, 4) is 0 Å². The van der Waals surface area contributed by atoms with Gasteiger partial charge in [0, 0.05) is 12.1 Å². The summed E-state index contributed by atoms with van der Waals surface area (Å²) in [6.45, 7) is 4.28. The Morgan fingerprint density at radius 2 is 2.12 bits per heavy atom. The fourth-order valence-electron chi connectivity index (χ4n) is 3.71. The van der Waals surface area contributed by atoms with Gasteiger partial charge in [-0.25, -0.2) is 0 Å². The van der Waals surface area contributed by atoms with Gasteiger partial charge in [-0.2, -0.15) is 0 Å². The van der Waals surface area contributed by atoms with Crippen molar-refractivity contribution in [2.24, 2.45) is 11.7 Å². The molecule has 17 heavy (non-hydrogen) atoms. The predicted octanol–water partition coefficient (Wildman–Crippen LogP) is 2.29. The predicted molar refractivity (Wildman–Crippen MR) is 69.6 cm³/mol. The number of likely N-dealkylation sites (tertiary alicyclic amines) is 1. The first kappa shape index (κ1) is 12.9. The monoisotopic (exact) mass is 238 g/mol. The van der Waals surface area contributed by atoms with Gasteiger partial charge < -0.3 is 10.6 Å². The molecule has 2 rings (SSSR count). The van der Waals surface area contributed by atoms with Crippen LogP contribution < -0.4 is 5.73 Å². The van der Waals surface area contributed by atoms with Gasteiger partial charge in [-0.15, -0.1) is 0 Å². The summed E-state index contributed by atoms with van der Waals surface area (Å²) in [4.78, 5) is 14.5. The summed E-state index contributed by atoms with van der Waals surface area (Å²) in [5, 5.41) is 0. The van der Waals surface area contributed by atoms with Crippen LogP contribution in [0.15, 0.2) is 0 Å². The maximum Gasteiger partial charge on any atom is 0.239 e. The van der Waals surface area contributed by atoms with Crippen LogP contribution in [-0.4, -0.2) is 28.9 Å². The highest BCUT2D eigenvalue weighted by Gasteiger charge is 2.43. The van der Waals surface area contributed by atoms with Gasteiger partial charge in [0.1, 0.15) is 0 Å². The molecule has 0 aromatic rings. The third-order valence-corrected chi connectivity index (χ3v) is 4.52. The van der Waals surface area contributed by atoms with E-state index in [0.29, 0.717) is 12.1 Å². The van der Waals surface area contributed by atoms with Crippen molar-refractivity contribution in [2.75, 3.05) is 0 Å². The molecule has 4 atom stereocenters. The Balaban J connectivity index is 2.05. The summed E-state index contributed by atoms with van der Waals surface area (Å²) in [6, 6.07) is 0.621. The Kier molecular flexibility index (Phi) is 4.08. The average Bonchev–Trinajstić information content (AvgIpc) is 2.64. The number of hydrogen-bond donors (Lipinski definition) is 1. The van der Waals surface area contributed by atoms with E-state index >= 15 is 0 Å². The van der Waals surface area contributed by atoms with Gasteiger partial charge in [-0.3, -0.25) is 4.79 Å². The van der Waals surface area contributed by atoms with Crippen molar-refractivity contribution in [3.05, 3.63) is 0 Å². The molecule has 2 aliphatic rings. The molecule has 1 amide bonds. The van der Waals surface area contributed by atoms with Crippen molar-refractivity contribution < 1.29 is 4.79 Å². The van der Waals surface area contributed by atoms with Gasteiger partial charge in [-0.05, 0) is 38.5 Å². The maximum absolute atomic E-state index is 12.4. The van der Waals surface area contributed by atoms with Gasteiger partial charge >= 0.3 is 0 Å². The molecule has 1 saturated carbocycles. The van der Waals surface area contributed by atoms with E-state index in [0.717, 1.165) is 18.8 Å². The zero-order valence-electron chi connectivity index (χ0n) is 11.2. The third kappa shape index (κ3) is 2.49. The van der Waals surface area contributed by atoms with Crippen molar-refractivity contribution in [2.45, 2.75) is 76.9 Å². The van der Waals surface area contributed by atoms with E-state index in [1.807, 2.05) is 0 Å². The number of carbonyl (C=O) groups excluding carboxylic acids is 1. The number of nitrogens with two attached hydrogens (primary N) is 1. The fraction of sp³-hybridized carbons (Fsp3) is 0.929. The van der Waals surface area contributed by atoms with Crippen LogP contribution in [0.2, 0.25) is 0 Å². The van der Waals surface area contributed by atoms with E-state index in [4.69, 9.17) is 5.73 Å². The molecular formula is C14H26N2O. The van der Waals surface area contributed by atoms with Crippen LogP contribution in [0, 0.1) is 5.92 Å². The van der Waals surface area contributed by atoms with Crippen LogP contribution in [0.25, 0.3) is 0 Å². The molecule has 0 aromatic carbocycles. The molecule has 0 bridgehead atoms. The highest BCUT2D eigenvalue weighted by molar-refractivity contribution is 5.82. The van der Waals surface area contributed by atoms with Crippen LogP contribution in [0.1, 0.15) is 58.8 Å². The second kappa shape index (κ2) is 5.38. The standard InChI is InChI=1S/C14H26N2O/c1-3-6-12(15)14(17)16-10(2)9-11-7-4-5-8-13(11)16/h10-13H,3-9,15H2,1-2H3. The number of fused-ring (bicyclic) bond motifs is 1. The minimum Gasteiger partial charge on any atom is -0.335 e. The van der Waals surface area contributed by atoms with Crippen LogP contribution in [-0.2, 0) is 4.79 Å². The van der Waals surface area contributed by atoms with Crippen molar-refractivity contribution in [3.63, 3.8) is 0 Å². The summed E-state index contributed by atoms with van der Waals surface area (Å²) in [5.41, 5.74) is 6.00. The zero-order chi connectivity index (χ0) is 12.4. The molecule has 98 valence electrons. The summed E-state index contributed by atoms with van der Waals surface area (Å²) in [7, 11) is 0. The molecule has 2 fully saturated rings. The number of hydrogen-bond acceptors (Lipinski definition) is 2. The second-order valence-corrected chi connectivity index (χ2v) is 5.84. The molecule has 0 spiro atoms. The largest absolute Gasteiger partial charge is 0.335 e. The minimum atomic E-state index is -0.275. The summed E-state index contributed by atoms with van der Waals surface area (Å²) < 4.78 is 0. The Bertz CT molecular complexity index is 279. The molecule has 1 heterocycles. The van der Waals surface area contributed by atoms with Crippen LogP contribution in [0.3, 0.4) is 0 Å². The molecule has 2 N–H and O–H groups in total. The highest BCUT2D eigenvalue weighted by atomic mass is 16.2. The molecule has 3 nitrogen and oxygen atoms in total. The first-order valence-electron chi connectivity index (χ1n) is 7.23. The average molecular weight is 238 g/mol. The SMILES string of the molecule is CCCC(N)C(=O)N1C(C)CC2CCCCC21. The molecule has 1 aliphatic carbocycles. The summed E-state index contributed by atoms with van der Waals surface area (Å²) in [6.07, 6.45) is 8.12. The van der Waals surface area contributed by atoms with E-state index in [1.165, 1.54) is 32.1 Å². The maximum atomic E-state index is 12.4. The van der Waals surface area contributed by atoms with Gasteiger partial charge in [-0.1, -0.05) is 26.2 Å². The van der Waals surface area contributed by atoms with Gasteiger partial charge in [0.25, 0.3) is 0 Å². The molecule has 1 saturated heterocycles. The molecule has 1 aliphatic heterocycles. The normalized spacial score (nSPS) is 34.5. The lowest BCUT2D eigenvalue weighted by atomic mass is 9.85. The lowest BCUT2D eigenvalue weighted by molar-refractivity contribution is -0.136. The van der Waals surface area contributed by atoms with Crippen LogP contribution >= 0.6 is 0 Å². The minimum absolute atomic E-state index is 0.203. The Morgan fingerprint density at radius 1 is 1.41 bits per heavy atom. The molecular weight excluding hydrogens is 212 g/mol. The number of nitrogens with zero attached hydrogens (tertiary/aromatic N) is 1. The smallest absolute Gasteiger partial charge is 0.239 e. The second-order valence-electron chi connectivity index (χ2n) is 5.84. The molecule has 0 radical (unpaired) electrons. The third-order valence-electron chi connectivity index (χ3n) is 4.52. The lowest BCUT2D eigenvalue weighted by Crippen LogP contribution is -2.49. The fourth-order valence-corrected chi connectivity index (χ4v) is 3.71. The summed E-state index contributed by atoms with van der Waals surface area (Å²) >= 11 is 0. The van der Waals surface area contributed by atoms with E-state index in [9.17, 15) is 4.79 Å². The molecule has 3 heteroatoms. The Labute approximate surface area is 105 Å². The Hall–Kier alpha value is -0.570. The number of amides is 1. The topological polar surface area (TPSA) is 46.3 Å². The zero-order valence-corrected chi connectivity index (χ0v) is 11.2. The Morgan fingerprint density at radius 3 is 2.82 bits per heavy atom. The highest BCUT2D eigenvalue weighted by Crippen LogP contribution is 2.39. The van der Waals surface area contributed by atoms with Crippen molar-refractivity contribution in [1.82, 2.24) is 4.90 Å². The lowest BCUT2D eigenvalue weighted by Gasteiger charge is -2.34. The van der Waals surface area contributed by atoms with Gasteiger partial charge in [0.05, 0.1) is 6.04 Å². The van der Waals surface area contributed by atoms with Crippen molar-refractivity contribution in [1.29, 1.82) is 0 Å². The van der Waals surface area contributed by atoms with Gasteiger partial charge in [0.15, 0.2) is 0 Å². The van der Waals surface area contributed by atoms with E-state index in [-0.39, 0.29) is 11.9 Å². The van der Waals surface area contributed by atoms with Crippen LogP contribution in [0.5, 0.6) is 0 Å². The molecule has 4 unspecified atom stereocenters. The first-order valence-corrected chi connectivity index (χ1v) is 7.23. The quantitative estimate of drug-likeness (QED) is 0.820. The number of rotatable bonds is 3. The molecule has 0 aromatic heterocycles. The van der Waals surface area contributed by atoms with E-state index < -0.39 is 0 Å². The number of carbonyl (C=O) groups is 1. The van der Waals surface area contributed by atoms with E-state index in [1.54, 1.807) is 0 Å².